The van der Waals surface area contributed by atoms with Crippen LogP contribution in [0.25, 0.3) is 0 Å². The van der Waals surface area contributed by atoms with Crippen molar-refractivity contribution in [3.8, 4) is 5.75 Å². The van der Waals surface area contributed by atoms with Crippen molar-refractivity contribution in [1.82, 2.24) is 0 Å². The lowest BCUT2D eigenvalue weighted by molar-refractivity contribution is -0.142. The summed E-state index contributed by atoms with van der Waals surface area (Å²) in [6.07, 6.45) is 0.00870. The van der Waals surface area contributed by atoms with Gasteiger partial charge in [0.2, 0.25) is 0 Å². The molecule has 3 nitrogen and oxygen atoms in total. The Balaban J connectivity index is 3.02. The summed E-state index contributed by atoms with van der Waals surface area (Å²) in [7, 11) is 1.38. The van der Waals surface area contributed by atoms with Crippen LogP contribution < -0.4 is 4.74 Å². The molecule has 0 aliphatic heterocycles. The van der Waals surface area contributed by atoms with E-state index in [9.17, 15) is 9.18 Å². The summed E-state index contributed by atoms with van der Waals surface area (Å²) in [5, 5.41) is 0.518. The van der Waals surface area contributed by atoms with Gasteiger partial charge < -0.3 is 9.47 Å². The maximum absolute atomic E-state index is 13.6. The third-order valence-corrected chi connectivity index (χ3v) is 2.83. The first kappa shape index (κ1) is 14.0. The maximum Gasteiger partial charge on any atom is 0.310 e. The van der Waals surface area contributed by atoms with Crippen LogP contribution in [0.3, 0.4) is 0 Å². The number of hydrogen-bond donors (Lipinski definition) is 0. The number of carbonyl (C=O) groups excluding carboxylic acids is 1. The second-order valence-electron chi connectivity index (χ2n) is 3.39. The van der Waals surface area contributed by atoms with Crippen molar-refractivity contribution in [2.75, 3.05) is 13.7 Å². The van der Waals surface area contributed by atoms with Crippen molar-refractivity contribution in [2.24, 2.45) is 0 Å². The van der Waals surface area contributed by atoms with Gasteiger partial charge in [0.15, 0.2) is 11.6 Å². The number of ether oxygens (including phenoxy) is 2. The lowest BCUT2D eigenvalue weighted by atomic mass is 10.1. The molecular formula is C12H14BrFO3. The van der Waals surface area contributed by atoms with E-state index in [0.29, 0.717) is 17.5 Å². The van der Waals surface area contributed by atoms with Crippen molar-refractivity contribution < 1.29 is 18.7 Å². The summed E-state index contributed by atoms with van der Waals surface area (Å²) in [6, 6.07) is 3.11. The van der Waals surface area contributed by atoms with Gasteiger partial charge >= 0.3 is 5.97 Å². The molecule has 0 aliphatic carbocycles. The minimum absolute atomic E-state index is 0.00870. The predicted molar refractivity (Wildman–Crippen MR) is 65.9 cm³/mol. The van der Waals surface area contributed by atoms with Gasteiger partial charge in [-0.15, -0.1) is 0 Å². The normalized spacial score (nSPS) is 10.1. The predicted octanol–water partition coefficient (Wildman–Crippen LogP) is 2.83. The van der Waals surface area contributed by atoms with Gasteiger partial charge in [-0.2, -0.15) is 0 Å². The molecule has 0 fully saturated rings. The van der Waals surface area contributed by atoms with Gasteiger partial charge in [0.1, 0.15) is 0 Å². The highest BCUT2D eigenvalue weighted by Crippen LogP contribution is 2.26. The van der Waals surface area contributed by atoms with Crippen molar-refractivity contribution >= 4 is 21.9 Å². The van der Waals surface area contributed by atoms with E-state index >= 15 is 0 Å². The molecule has 1 rings (SSSR count). The molecule has 0 aromatic heterocycles. The van der Waals surface area contributed by atoms with Crippen molar-refractivity contribution in [3.63, 3.8) is 0 Å². The third kappa shape index (κ3) is 3.70. The van der Waals surface area contributed by atoms with E-state index in [1.165, 1.54) is 13.2 Å². The molecule has 0 heterocycles. The number of esters is 1. The molecule has 0 amide bonds. The molecule has 0 aliphatic rings. The van der Waals surface area contributed by atoms with Crippen LogP contribution in [0.15, 0.2) is 12.1 Å². The molecule has 0 atom stereocenters. The number of methoxy groups -OCH3 is 1. The average Bonchev–Trinajstić information content (AvgIpc) is 2.28. The topological polar surface area (TPSA) is 35.5 Å². The highest BCUT2D eigenvalue weighted by atomic mass is 79.9. The number of halogens is 2. The Labute approximate surface area is 108 Å². The highest BCUT2D eigenvalue weighted by molar-refractivity contribution is 9.08. The van der Waals surface area contributed by atoms with Gasteiger partial charge in [0.25, 0.3) is 0 Å². The van der Waals surface area contributed by atoms with Gasteiger partial charge in [-0.25, -0.2) is 4.39 Å². The number of benzene rings is 1. The van der Waals surface area contributed by atoms with Gasteiger partial charge in [-0.3, -0.25) is 4.79 Å². The Hall–Kier alpha value is -1.10. The zero-order valence-corrected chi connectivity index (χ0v) is 11.3. The molecule has 0 bridgehead atoms. The SMILES string of the molecule is CCOC(=O)Cc1cc(CBr)cc(F)c1OC. The second-order valence-corrected chi connectivity index (χ2v) is 3.95. The Kier molecular flexibility index (Phi) is 5.41. The zero-order chi connectivity index (χ0) is 12.8. The van der Waals surface area contributed by atoms with E-state index < -0.39 is 11.8 Å². The maximum atomic E-state index is 13.6. The first-order valence-electron chi connectivity index (χ1n) is 5.19. The fourth-order valence-electron chi connectivity index (χ4n) is 1.52. The third-order valence-electron chi connectivity index (χ3n) is 2.18. The first-order valence-corrected chi connectivity index (χ1v) is 6.31. The average molecular weight is 305 g/mol. The molecule has 0 spiro atoms. The summed E-state index contributed by atoms with van der Waals surface area (Å²) in [5.74, 6) is -0.761. The molecular weight excluding hydrogens is 291 g/mol. The molecule has 1 aromatic carbocycles. The molecule has 17 heavy (non-hydrogen) atoms. The van der Waals surface area contributed by atoms with Crippen molar-refractivity contribution in [1.29, 1.82) is 0 Å². The quantitative estimate of drug-likeness (QED) is 0.620. The van der Waals surface area contributed by atoms with Gasteiger partial charge in [0.05, 0.1) is 20.1 Å². The van der Waals surface area contributed by atoms with Crippen LogP contribution in [0.4, 0.5) is 4.39 Å². The highest BCUT2D eigenvalue weighted by Gasteiger charge is 2.15. The van der Waals surface area contributed by atoms with Gasteiger partial charge in [-0.05, 0) is 18.6 Å². The first-order chi connectivity index (χ1) is 8.12. The Morgan fingerprint density at radius 1 is 1.47 bits per heavy atom. The van der Waals surface area contributed by atoms with Crippen molar-refractivity contribution in [3.05, 3.63) is 29.1 Å². The Bertz CT molecular complexity index is 407. The van der Waals surface area contributed by atoms with E-state index in [4.69, 9.17) is 9.47 Å². The molecule has 1 aromatic rings. The molecule has 0 unspecified atom stereocenters. The Morgan fingerprint density at radius 3 is 2.71 bits per heavy atom. The van der Waals surface area contributed by atoms with Crippen LogP contribution in [-0.2, 0) is 21.3 Å². The van der Waals surface area contributed by atoms with Crippen LogP contribution in [-0.4, -0.2) is 19.7 Å². The Morgan fingerprint density at radius 2 is 2.18 bits per heavy atom. The molecule has 5 heteroatoms. The summed E-state index contributed by atoms with van der Waals surface area (Å²) in [5.41, 5.74) is 1.25. The smallest absolute Gasteiger partial charge is 0.310 e. The summed E-state index contributed by atoms with van der Waals surface area (Å²) >= 11 is 3.25. The molecule has 0 radical (unpaired) electrons. The van der Waals surface area contributed by atoms with Gasteiger partial charge in [0, 0.05) is 10.9 Å². The minimum atomic E-state index is -0.469. The van der Waals surface area contributed by atoms with E-state index in [2.05, 4.69) is 15.9 Å². The van der Waals surface area contributed by atoms with Gasteiger partial charge in [-0.1, -0.05) is 22.0 Å². The van der Waals surface area contributed by atoms with Crippen molar-refractivity contribution in [2.45, 2.75) is 18.7 Å². The van der Waals surface area contributed by atoms with E-state index in [1.807, 2.05) is 0 Å². The largest absolute Gasteiger partial charge is 0.493 e. The summed E-state index contributed by atoms with van der Waals surface area (Å²) in [4.78, 5) is 11.4. The molecule has 0 saturated heterocycles. The summed E-state index contributed by atoms with van der Waals surface area (Å²) in [6.45, 7) is 2.03. The summed E-state index contributed by atoms with van der Waals surface area (Å²) < 4.78 is 23.4. The van der Waals surface area contributed by atoms with E-state index in [-0.39, 0.29) is 12.2 Å². The van der Waals surface area contributed by atoms with Crippen LogP contribution in [0.5, 0.6) is 5.75 Å². The molecule has 0 saturated carbocycles. The van der Waals surface area contributed by atoms with E-state index in [0.717, 1.165) is 5.56 Å². The fourth-order valence-corrected chi connectivity index (χ4v) is 1.84. The second kappa shape index (κ2) is 6.59. The lowest BCUT2D eigenvalue weighted by Gasteiger charge is -2.10. The van der Waals surface area contributed by atoms with Crippen LogP contribution >= 0.6 is 15.9 Å². The van der Waals surface area contributed by atoms with E-state index in [1.54, 1.807) is 13.0 Å². The number of rotatable bonds is 5. The molecule has 94 valence electrons. The zero-order valence-electron chi connectivity index (χ0n) is 9.76. The number of carbonyl (C=O) groups is 1. The van der Waals surface area contributed by atoms with Crippen LogP contribution in [0.1, 0.15) is 18.1 Å². The van der Waals surface area contributed by atoms with Crippen LogP contribution in [0, 0.1) is 5.82 Å². The number of hydrogen-bond acceptors (Lipinski definition) is 3. The standard InChI is InChI=1S/C12H14BrFO3/c1-3-17-11(15)6-9-4-8(7-13)5-10(14)12(9)16-2/h4-5H,3,6-7H2,1-2H3. The van der Waals surface area contributed by atoms with Crippen LogP contribution in [0.2, 0.25) is 0 Å². The molecule has 0 N–H and O–H groups in total. The fraction of sp³-hybridized carbons (Fsp3) is 0.417. The minimum Gasteiger partial charge on any atom is -0.493 e. The monoisotopic (exact) mass is 304 g/mol. The number of alkyl halides is 1. The lowest BCUT2D eigenvalue weighted by Crippen LogP contribution is -2.09.